The lowest BCUT2D eigenvalue weighted by Gasteiger charge is -2.25. The maximum Gasteiger partial charge on any atom is 0.243 e. The predicted molar refractivity (Wildman–Crippen MR) is 126 cm³/mol. The first-order valence-electron chi connectivity index (χ1n) is 10.6. The Morgan fingerprint density at radius 2 is 1.65 bits per heavy atom. The van der Waals surface area contributed by atoms with Crippen LogP contribution < -0.4 is 16.8 Å². The summed E-state index contributed by atoms with van der Waals surface area (Å²) < 4.78 is 0. The number of carbonyl (C=O) groups is 2. The Kier molecular flexibility index (Phi) is 8.15. The summed E-state index contributed by atoms with van der Waals surface area (Å²) in [6.07, 6.45) is 1.83. The van der Waals surface area contributed by atoms with Gasteiger partial charge in [-0.05, 0) is 54.3 Å². The van der Waals surface area contributed by atoms with Crippen molar-refractivity contribution in [1.29, 1.82) is 0 Å². The molecule has 0 aliphatic rings. The van der Waals surface area contributed by atoms with Crippen LogP contribution in [0.15, 0.2) is 72.8 Å². The molecule has 0 aliphatic carbocycles. The van der Waals surface area contributed by atoms with E-state index in [9.17, 15) is 9.59 Å². The SMILES string of the molecule is NCCC[C@@H](N)C(=O)N(CCc1ccccc1)CC(=O)Nc1ccc2ccccc2c1. The van der Waals surface area contributed by atoms with Crippen molar-refractivity contribution < 1.29 is 9.59 Å². The van der Waals surface area contributed by atoms with E-state index in [0.717, 1.165) is 16.3 Å². The number of nitrogens with two attached hydrogens (primary N) is 2. The predicted octanol–water partition coefficient (Wildman–Crippen LogP) is 2.92. The first kappa shape index (κ1) is 22.5. The highest BCUT2D eigenvalue weighted by Gasteiger charge is 2.23. The lowest BCUT2D eigenvalue weighted by molar-refractivity contribution is -0.136. The second-order valence-corrected chi connectivity index (χ2v) is 7.64. The second-order valence-electron chi connectivity index (χ2n) is 7.64. The van der Waals surface area contributed by atoms with Gasteiger partial charge in [-0.15, -0.1) is 0 Å². The van der Waals surface area contributed by atoms with Gasteiger partial charge in [0, 0.05) is 12.2 Å². The molecule has 6 nitrogen and oxygen atoms in total. The minimum atomic E-state index is -0.659. The van der Waals surface area contributed by atoms with E-state index in [-0.39, 0.29) is 18.4 Å². The first-order chi connectivity index (χ1) is 15.1. The lowest BCUT2D eigenvalue weighted by Crippen LogP contribution is -2.47. The molecule has 0 unspecified atom stereocenters. The number of nitrogens with one attached hydrogen (secondary N) is 1. The molecule has 0 saturated heterocycles. The average molecular weight is 419 g/mol. The largest absolute Gasteiger partial charge is 0.332 e. The number of hydrogen-bond donors (Lipinski definition) is 3. The van der Waals surface area contributed by atoms with Crippen molar-refractivity contribution in [3.05, 3.63) is 78.4 Å². The summed E-state index contributed by atoms with van der Waals surface area (Å²) in [6, 6.07) is 22.9. The highest BCUT2D eigenvalue weighted by atomic mass is 16.2. The minimum absolute atomic E-state index is 0.0468. The van der Waals surface area contributed by atoms with Gasteiger partial charge in [0.1, 0.15) is 0 Å². The average Bonchev–Trinajstić information content (AvgIpc) is 2.80. The molecule has 0 saturated carbocycles. The number of carbonyl (C=O) groups excluding carboxylic acids is 2. The number of nitrogens with zero attached hydrogens (tertiary/aromatic N) is 1. The van der Waals surface area contributed by atoms with Gasteiger partial charge in [0.2, 0.25) is 11.8 Å². The fourth-order valence-electron chi connectivity index (χ4n) is 3.51. The topological polar surface area (TPSA) is 101 Å². The van der Waals surface area contributed by atoms with E-state index in [1.54, 1.807) is 4.90 Å². The van der Waals surface area contributed by atoms with Crippen LogP contribution in [0.2, 0.25) is 0 Å². The third-order valence-electron chi connectivity index (χ3n) is 5.23. The van der Waals surface area contributed by atoms with Crippen LogP contribution >= 0.6 is 0 Å². The van der Waals surface area contributed by atoms with Crippen LogP contribution in [0.3, 0.4) is 0 Å². The van der Waals surface area contributed by atoms with Crippen LogP contribution in [0, 0.1) is 0 Å². The molecule has 6 heteroatoms. The van der Waals surface area contributed by atoms with Crippen LogP contribution in [-0.4, -0.2) is 42.4 Å². The third-order valence-corrected chi connectivity index (χ3v) is 5.23. The van der Waals surface area contributed by atoms with Crippen molar-refractivity contribution in [1.82, 2.24) is 4.90 Å². The fourth-order valence-corrected chi connectivity index (χ4v) is 3.51. The summed E-state index contributed by atoms with van der Waals surface area (Å²) in [6.45, 7) is 0.854. The molecular weight excluding hydrogens is 388 g/mol. The molecule has 0 aliphatic heterocycles. The van der Waals surface area contributed by atoms with Crippen LogP contribution in [0.5, 0.6) is 0 Å². The summed E-state index contributed by atoms with van der Waals surface area (Å²) in [7, 11) is 0. The highest BCUT2D eigenvalue weighted by Crippen LogP contribution is 2.19. The molecule has 0 radical (unpaired) electrons. The normalized spacial score (nSPS) is 11.8. The van der Waals surface area contributed by atoms with Gasteiger partial charge in [-0.2, -0.15) is 0 Å². The molecule has 0 heterocycles. The monoisotopic (exact) mass is 418 g/mol. The summed E-state index contributed by atoms with van der Waals surface area (Å²) >= 11 is 0. The molecule has 162 valence electrons. The molecule has 31 heavy (non-hydrogen) atoms. The molecule has 0 spiro atoms. The van der Waals surface area contributed by atoms with E-state index in [1.807, 2.05) is 72.8 Å². The molecule has 5 N–H and O–H groups in total. The van der Waals surface area contributed by atoms with Crippen LogP contribution in [-0.2, 0) is 16.0 Å². The van der Waals surface area contributed by atoms with Crippen molar-refractivity contribution in [3.63, 3.8) is 0 Å². The quantitative estimate of drug-likeness (QED) is 0.471. The first-order valence-corrected chi connectivity index (χ1v) is 10.6. The Labute approximate surface area is 183 Å². The Morgan fingerprint density at radius 3 is 2.39 bits per heavy atom. The van der Waals surface area contributed by atoms with Gasteiger partial charge in [0.25, 0.3) is 0 Å². The van der Waals surface area contributed by atoms with E-state index in [1.165, 1.54) is 0 Å². The summed E-state index contributed by atoms with van der Waals surface area (Å²) in [4.78, 5) is 27.2. The zero-order valence-corrected chi connectivity index (χ0v) is 17.7. The molecule has 3 aromatic carbocycles. The van der Waals surface area contributed by atoms with Crippen molar-refractivity contribution in [2.24, 2.45) is 11.5 Å². The van der Waals surface area contributed by atoms with E-state index >= 15 is 0 Å². The maximum absolute atomic E-state index is 12.9. The molecule has 0 aromatic heterocycles. The van der Waals surface area contributed by atoms with Crippen LogP contribution in [0.4, 0.5) is 5.69 Å². The number of rotatable bonds is 10. The molecule has 0 fully saturated rings. The zero-order valence-electron chi connectivity index (χ0n) is 17.7. The number of fused-ring (bicyclic) bond motifs is 1. The number of anilines is 1. The lowest BCUT2D eigenvalue weighted by atomic mass is 10.1. The van der Waals surface area contributed by atoms with Crippen molar-refractivity contribution in [2.45, 2.75) is 25.3 Å². The van der Waals surface area contributed by atoms with Gasteiger partial charge >= 0.3 is 0 Å². The Bertz CT molecular complexity index is 1010. The van der Waals surface area contributed by atoms with Crippen molar-refractivity contribution in [3.8, 4) is 0 Å². The molecule has 1 atom stereocenters. The van der Waals surface area contributed by atoms with Crippen LogP contribution in [0.25, 0.3) is 10.8 Å². The smallest absolute Gasteiger partial charge is 0.243 e. The van der Waals surface area contributed by atoms with E-state index in [2.05, 4.69) is 5.32 Å². The fraction of sp³-hybridized carbons (Fsp3) is 0.280. The Hall–Kier alpha value is -3.22. The van der Waals surface area contributed by atoms with Gasteiger partial charge in [-0.3, -0.25) is 9.59 Å². The minimum Gasteiger partial charge on any atom is -0.332 e. The van der Waals surface area contributed by atoms with Gasteiger partial charge in [0.05, 0.1) is 12.6 Å². The van der Waals surface area contributed by atoms with Crippen molar-refractivity contribution in [2.75, 3.05) is 25.0 Å². The zero-order chi connectivity index (χ0) is 22.1. The number of hydrogen-bond acceptors (Lipinski definition) is 4. The molecule has 3 rings (SSSR count). The van der Waals surface area contributed by atoms with E-state index in [4.69, 9.17) is 11.5 Å². The van der Waals surface area contributed by atoms with Crippen LogP contribution in [0.1, 0.15) is 18.4 Å². The maximum atomic E-state index is 12.9. The summed E-state index contributed by atoms with van der Waals surface area (Å²) in [5.41, 5.74) is 13.4. The van der Waals surface area contributed by atoms with Gasteiger partial charge in [0.15, 0.2) is 0 Å². The van der Waals surface area contributed by atoms with E-state index < -0.39 is 6.04 Å². The highest BCUT2D eigenvalue weighted by molar-refractivity contribution is 5.97. The van der Waals surface area contributed by atoms with Gasteiger partial charge in [-0.25, -0.2) is 0 Å². The number of amides is 2. The molecular formula is C25H30N4O2. The standard InChI is InChI=1S/C25H30N4O2/c26-15-6-11-23(27)25(31)29(16-14-19-7-2-1-3-8-19)18-24(30)28-22-13-12-20-9-4-5-10-21(20)17-22/h1-5,7-10,12-13,17,23H,6,11,14-16,18,26-27H2,(H,28,30)/t23-/m1/s1. The second kappa shape index (κ2) is 11.2. The molecule has 0 bridgehead atoms. The number of benzene rings is 3. The summed E-state index contributed by atoms with van der Waals surface area (Å²) in [5.74, 6) is -0.472. The third kappa shape index (κ3) is 6.64. The van der Waals surface area contributed by atoms with Gasteiger partial charge < -0.3 is 21.7 Å². The summed E-state index contributed by atoms with van der Waals surface area (Å²) in [5, 5.41) is 5.05. The Balaban J connectivity index is 1.67. The van der Waals surface area contributed by atoms with Crippen molar-refractivity contribution >= 4 is 28.3 Å². The van der Waals surface area contributed by atoms with Gasteiger partial charge in [-0.1, -0.05) is 60.7 Å². The Morgan fingerprint density at radius 1 is 0.935 bits per heavy atom. The molecule has 3 aromatic rings. The van der Waals surface area contributed by atoms with E-state index in [0.29, 0.717) is 38.0 Å². The molecule has 2 amide bonds.